The molecule has 3 nitrogen and oxygen atoms in total. The molecule has 148 heavy (non-hydrogen) atoms. The Labute approximate surface area is 863 Å². The van der Waals surface area contributed by atoms with Crippen LogP contribution in [-0.2, 0) is 42.9 Å². The summed E-state index contributed by atoms with van der Waals surface area (Å²) >= 11 is 3.82. The molecule has 0 aliphatic heterocycles. The van der Waals surface area contributed by atoms with Gasteiger partial charge in [-0.25, -0.2) is 0 Å². The molecule has 5 aromatic heterocycles. The maximum Gasteiger partial charge on any atom is 0.136 e. The number of aromatic nitrogens is 1. The fourth-order valence-electron chi connectivity index (χ4n) is 26.8. The highest BCUT2D eigenvalue weighted by atomic mass is 32.1. The second kappa shape index (κ2) is 32.6. The summed E-state index contributed by atoms with van der Waals surface area (Å²) in [6.45, 7) is 9.40. The van der Waals surface area contributed by atoms with Crippen LogP contribution in [0, 0.1) is 0 Å². The van der Waals surface area contributed by atoms with E-state index in [-0.39, 0.29) is 10.8 Å². The topological polar surface area (TPSA) is 42.1 Å². The van der Waals surface area contributed by atoms with E-state index < -0.39 is 0 Å². The summed E-state index contributed by atoms with van der Waals surface area (Å²) < 4.78 is 17.7. The van der Waals surface area contributed by atoms with Gasteiger partial charge >= 0.3 is 0 Å². The van der Waals surface area contributed by atoms with Crippen LogP contribution in [0.25, 0.3) is 249 Å². The maximum absolute atomic E-state index is 6.10. The molecule has 29 aromatic rings. The lowest BCUT2D eigenvalue weighted by molar-refractivity contribution is 0.660. The van der Waals surface area contributed by atoms with Gasteiger partial charge in [0.1, 0.15) is 22.3 Å². The molecule has 0 saturated carbocycles. The number of hydrogen-bond donors (Lipinski definition) is 1. The van der Waals surface area contributed by atoms with Crippen molar-refractivity contribution >= 4 is 193 Å². The van der Waals surface area contributed by atoms with E-state index >= 15 is 0 Å². The minimum atomic E-state index is 0.0411. The minimum Gasteiger partial charge on any atom is -0.456 e. The molecule has 696 valence electrons. The lowest BCUT2D eigenvalue weighted by Gasteiger charge is -2.22. The number of fused-ring (bicyclic) bond motifs is 48. The molecule has 0 atom stereocenters. The van der Waals surface area contributed by atoms with Crippen LogP contribution in [0.2, 0.25) is 0 Å². The Morgan fingerprint density at radius 3 is 0.986 bits per heavy atom. The van der Waals surface area contributed by atoms with Crippen LogP contribution in [0.4, 0.5) is 0 Å². The number of para-hydroxylation sites is 2. The Morgan fingerprint density at radius 2 is 0.500 bits per heavy atom. The highest BCUT2D eigenvalue weighted by molar-refractivity contribution is 7.26. The third-order valence-corrected chi connectivity index (χ3v) is 36.0. The average Bonchev–Trinajstić information content (AvgIpc) is 1.56. The van der Waals surface area contributed by atoms with Crippen LogP contribution in [0.15, 0.2) is 446 Å². The van der Waals surface area contributed by atoms with Crippen LogP contribution in [-0.4, -0.2) is 4.98 Å². The molecule has 5 heterocycles. The standard InChI is InChI=1S/C26H20.C25H19N.2C23H14O.2C23H14S/c1-26(2)23-10-6-5-9-20(23)22-14-18-13-17-12-11-16-7-3-4-8-19(16)25(17)21(18)15-24(22)26;1-25(2)20-10-6-5-9-17(20)18-13-19-23(14-21(18)25)26-22-12-11-15-7-3-4-8-16(15)24(19)22;1-2-6-17-14(5-1)9-10-15-11-16-12-22-20(13-19(16)23(15)17)18-7-3-4-8-21(18)24-22;1-2-6-17-14(5-1)9-10-15-11-16-12-20-18-7-3-4-8-21(18)24-22(20)13-19(16)23(15)17;1-2-6-17-14(5-1)9-10-15-11-16-12-22-20(13-19(16)23(15)17)18-7-3-4-8-21(18)24-22;1-2-6-17-14(5-1)9-10-15-11-16-12-20-18-7-3-4-8-21(18)24-22(20)13-19(16)23(15)17/h3-12,14-15H,13H2,1-2H3;3-14,26H,1-2H3;4*1-10,12-13H,11H2. The number of benzene rings is 24. The fourth-order valence-corrected chi connectivity index (χ4v) is 29.0. The predicted molar refractivity (Wildman–Crippen MR) is 630 cm³/mol. The smallest absolute Gasteiger partial charge is 0.136 e. The number of H-pyrrole nitrogens is 1. The second-order valence-corrected chi connectivity index (χ2v) is 44.7. The molecule has 7 aliphatic rings. The lowest BCUT2D eigenvalue weighted by Crippen LogP contribution is -2.15. The van der Waals surface area contributed by atoms with Crippen molar-refractivity contribution < 1.29 is 8.83 Å². The van der Waals surface area contributed by atoms with Crippen LogP contribution >= 0.6 is 22.7 Å². The summed E-state index contributed by atoms with van der Waals surface area (Å²) in [6, 6.07) is 160. The summed E-state index contributed by atoms with van der Waals surface area (Å²) in [7, 11) is 0. The number of rotatable bonds is 0. The molecule has 0 unspecified atom stereocenters. The normalized spacial score (nSPS) is 13.6. The number of furan rings is 2. The van der Waals surface area contributed by atoms with Crippen molar-refractivity contribution in [1.29, 1.82) is 0 Å². The van der Waals surface area contributed by atoms with Gasteiger partial charge in [0.2, 0.25) is 0 Å². The summed E-state index contributed by atoms with van der Waals surface area (Å²) in [5, 5.41) is 29.1. The van der Waals surface area contributed by atoms with E-state index in [9.17, 15) is 0 Å². The van der Waals surface area contributed by atoms with E-state index in [1.54, 1.807) is 0 Å². The van der Waals surface area contributed by atoms with Gasteiger partial charge in [-0.3, -0.25) is 0 Å². The Morgan fingerprint density at radius 1 is 0.182 bits per heavy atom. The van der Waals surface area contributed by atoms with Gasteiger partial charge in [-0.05, 0) is 356 Å². The SMILES string of the molecule is CC1(C)c2ccccc2-c2cc3c(cc21)-c1c(ccc2ccccc12)C3.CC1(C)c2ccccc2-c2cc3c(cc21)[nH]c1ccc2ccccc2c13.c1ccc2c3c(ccc2c1)Cc1cc2c(cc1-3)oc1ccccc12.c1ccc2c3c(ccc2c1)Cc1cc2c(cc1-3)sc1ccccc12.c1ccc2c3c(ccc2c1)Cc1cc2oc4ccccc4c2cc1-3.c1ccc2c3c(ccc2c1)Cc1cc2sc4ccccc4c2cc1-3. The summed E-state index contributed by atoms with van der Waals surface area (Å²) in [5.74, 6) is 0. The quantitative estimate of drug-likeness (QED) is 0.164. The molecular weight excluding hydrogens is 1830 g/mol. The molecule has 0 saturated heterocycles. The summed E-state index contributed by atoms with van der Waals surface area (Å²) in [6.07, 6.45) is 5.15. The third-order valence-electron chi connectivity index (χ3n) is 33.7. The molecule has 36 rings (SSSR count). The average molecular weight is 1920 g/mol. The zero-order valence-corrected chi connectivity index (χ0v) is 83.9. The first kappa shape index (κ1) is 85.1. The molecule has 0 radical (unpaired) electrons. The second-order valence-electron chi connectivity index (χ2n) is 42.6. The fraction of sp³-hybridized carbons (Fsp3) is 0.0769. The van der Waals surface area contributed by atoms with Gasteiger partial charge in [0.05, 0.1) is 0 Å². The zero-order chi connectivity index (χ0) is 97.6. The van der Waals surface area contributed by atoms with Crippen LogP contribution in [0.5, 0.6) is 0 Å². The molecule has 1 N–H and O–H groups in total. The molecule has 24 aromatic carbocycles. The summed E-state index contributed by atoms with van der Waals surface area (Å²) in [5.41, 5.74) is 46.4. The van der Waals surface area contributed by atoms with E-state index in [1.165, 1.54) is 304 Å². The molecular formula is C143H95NO2S2. The van der Waals surface area contributed by atoms with Gasteiger partial charge < -0.3 is 13.8 Å². The van der Waals surface area contributed by atoms with Gasteiger partial charge in [0, 0.05) is 94.5 Å². The molecule has 0 amide bonds. The number of hydrogen-bond acceptors (Lipinski definition) is 4. The molecule has 0 spiro atoms. The zero-order valence-electron chi connectivity index (χ0n) is 82.2. The van der Waals surface area contributed by atoms with Crippen molar-refractivity contribution in [3.63, 3.8) is 0 Å². The van der Waals surface area contributed by atoms with E-state index in [0.29, 0.717) is 0 Å². The van der Waals surface area contributed by atoms with E-state index in [0.717, 1.165) is 54.4 Å². The van der Waals surface area contributed by atoms with E-state index in [4.69, 9.17) is 8.83 Å². The Hall–Kier alpha value is -17.3. The van der Waals surface area contributed by atoms with Crippen LogP contribution in [0.1, 0.15) is 106 Å². The largest absolute Gasteiger partial charge is 0.456 e. The van der Waals surface area contributed by atoms with Crippen LogP contribution in [0.3, 0.4) is 0 Å². The number of thiophene rings is 2. The molecule has 7 aliphatic carbocycles. The van der Waals surface area contributed by atoms with Gasteiger partial charge in [-0.1, -0.05) is 361 Å². The number of aromatic amines is 1. The highest BCUT2D eigenvalue weighted by Gasteiger charge is 2.40. The van der Waals surface area contributed by atoms with Gasteiger partial charge in [0.25, 0.3) is 0 Å². The van der Waals surface area contributed by atoms with Crippen molar-refractivity contribution in [2.75, 3.05) is 0 Å². The summed E-state index contributed by atoms with van der Waals surface area (Å²) in [4.78, 5) is 3.66. The first-order chi connectivity index (χ1) is 72.8. The van der Waals surface area contributed by atoms with E-state index in [2.05, 4.69) is 445 Å². The predicted octanol–water partition coefficient (Wildman–Crippen LogP) is 39.7. The first-order valence-corrected chi connectivity index (χ1v) is 53.6. The minimum absolute atomic E-state index is 0.0411. The lowest BCUT2D eigenvalue weighted by atomic mass is 9.81. The van der Waals surface area contributed by atoms with Gasteiger partial charge in [-0.15, -0.1) is 22.7 Å². The van der Waals surface area contributed by atoms with Crippen molar-refractivity contribution in [1.82, 2.24) is 4.98 Å². The highest BCUT2D eigenvalue weighted by Crippen LogP contribution is 2.57. The first-order valence-electron chi connectivity index (χ1n) is 52.0. The van der Waals surface area contributed by atoms with Gasteiger partial charge in [-0.2, -0.15) is 0 Å². The van der Waals surface area contributed by atoms with Crippen molar-refractivity contribution in [2.24, 2.45) is 0 Å². The van der Waals surface area contributed by atoms with Crippen molar-refractivity contribution in [3.05, 3.63) is 515 Å². The van der Waals surface area contributed by atoms with Crippen molar-refractivity contribution in [3.8, 4) is 77.9 Å². The Kier molecular flexibility index (Phi) is 18.7. The van der Waals surface area contributed by atoms with E-state index in [1.807, 2.05) is 46.9 Å². The van der Waals surface area contributed by atoms with Gasteiger partial charge in [0.15, 0.2) is 0 Å². The molecule has 0 bridgehead atoms. The van der Waals surface area contributed by atoms with Crippen molar-refractivity contribution in [2.45, 2.75) is 70.6 Å². The molecule has 5 heteroatoms. The van der Waals surface area contributed by atoms with Crippen LogP contribution < -0.4 is 0 Å². The maximum atomic E-state index is 6.10. The third kappa shape index (κ3) is 13.1. The number of nitrogens with one attached hydrogen (secondary N) is 1. The molecule has 0 fully saturated rings. The monoisotopic (exact) mass is 1920 g/mol. The Balaban J connectivity index is 0.0000000803. The Bertz CT molecular complexity index is 10400.